The fraction of sp³-hybridized carbons (Fsp3) is 0.111. The molecule has 0 N–H and O–H groups in total. The van der Waals surface area contributed by atoms with Crippen molar-refractivity contribution >= 4 is 39.3 Å². The molecule has 0 atom stereocenters. The van der Waals surface area contributed by atoms with E-state index in [4.69, 9.17) is 0 Å². The van der Waals surface area contributed by atoms with Crippen molar-refractivity contribution in [3.8, 4) is 0 Å². The van der Waals surface area contributed by atoms with Crippen LogP contribution in [0.4, 0.5) is 5.69 Å². The highest BCUT2D eigenvalue weighted by Gasteiger charge is 2.37. The van der Waals surface area contributed by atoms with Crippen LogP contribution in [0.15, 0.2) is 47.4 Å². The van der Waals surface area contributed by atoms with E-state index in [1.165, 1.54) is 37.4 Å². The van der Waals surface area contributed by atoms with Crippen LogP contribution in [0.2, 0.25) is 0 Å². The molecule has 28 heavy (non-hydrogen) atoms. The van der Waals surface area contributed by atoms with Crippen LogP contribution in [0.5, 0.6) is 0 Å². The fourth-order valence-corrected chi connectivity index (χ4v) is 3.79. The van der Waals surface area contributed by atoms with Gasteiger partial charge in [0.25, 0.3) is 11.8 Å². The Kier molecular flexibility index (Phi) is 4.73. The summed E-state index contributed by atoms with van der Waals surface area (Å²) in [5.74, 6) is -4.91. The Morgan fingerprint density at radius 3 is 2.18 bits per heavy atom. The number of aliphatic carboxylic acids is 1. The van der Waals surface area contributed by atoms with E-state index in [1.807, 2.05) is 0 Å². The van der Waals surface area contributed by atoms with E-state index < -0.39 is 39.3 Å². The van der Waals surface area contributed by atoms with E-state index in [9.17, 15) is 32.7 Å². The second-order valence-corrected chi connectivity index (χ2v) is 7.81. The standard InChI is InChI=1S/C18H13NO8S/c1-27-18(24)10-2-7-13-14(8-10)17(23)19(16(13)22)11-3-5-12(6-4-11)28(25,26)9-15(20)21/h2-8H,9H2,1H3,(H,20,21)/p-1. The molecule has 0 saturated heterocycles. The third kappa shape index (κ3) is 3.25. The van der Waals surface area contributed by atoms with Gasteiger partial charge in [-0.25, -0.2) is 18.1 Å². The average Bonchev–Trinajstić information content (AvgIpc) is 2.90. The number of methoxy groups -OCH3 is 1. The number of imide groups is 1. The second-order valence-electron chi connectivity index (χ2n) is 5.82. The summed E-state index contributed by atoms with van der Waals surface area (Å²) in [4.78, 5) is 47.9. The lowest BCUT2D eigenvalue weighted by Gasteiger charge is -2.14. The normalized spacial score (nSPS) is 13.4. The van der Waals surface area contributed by atoms with Gasteiger partial charge in [0.2, 0.25) is 0 Å². The van der Waals surface area contributed by atoms with Crippen LogP contribution >= 0.6 is 0 Å². The predicted octanol–water partition coefficient (Wildman–Crippen LogP) is -0.203. The first-order valence-electron chi connectivity index (χ1n) is 7.79. The molecular weight excluding hydrogens is 390 g/mol. The lowest BCUT2D eigenvalue weighted by molar-refractivity contribution is -0.301. The zero-order chi connectivity index (χ0) is 20.6. The summed E-state index contributed by atoms with van der Waals surface area (Å²) >= 11 is 0. The number of carboxylic acid groups (broad SMARTS) is 1. The first-order chi connectivity index (χ1) is 13.2. The Morgan fingerprint density at radius 1 is 1.00 bits per heavy atom. The summed E-state index contributed by atoms with van der Waals surface area (Å²) in [6, 6.07) is 8.56. The molecule has 9 nitrogen and oxygen atoms in total. The van der Waals surface area contributed by atoms with Crippen molar-refractivity contribution < 1.29 is 37.4 Å². The molecule has 2 aromatic rings. The highest BCUT2D eigenvalue weighted by Crippen LogP contribution is 2.30. The molecule has 0 aromatic heterocycles. The third-order valence-electron chi connectivity index (χ3n) is 4.07. The van der Waals surface area contributed by atoms with Crippen LogP contribution in [-0.2, 0) is 19.4 Å². The number of esters is 1. The molecule has 1 aliphatic heterocycles. The number of hydrogen-bond donors (Lipinski definition) is 0. The van der Waals surface area contributed by atoms with Gasteiger partial charge in [0.1, 0.15) is 0 Å². The molecule has 2 aromatic carbocycles. The topological polar surface area (TPSA) is 138 Å². The van der Waals surface area contributed by atoms with Crippen LogP contribution in [-0.4, -0.2) is 45.0 Å². The number of hydrogen-bond acceptors (Lipinski definition) is 8. The number of amides is 2. The lowest BCUT2D eigenvalue weighted by Crippen LogP contribution is -2.31. The molecular formula is C18H12NO8S-. The van der Waals surface area contributed by atoms with Crippen molar-refractivity contribution in [1.29, 1.82) is 0 Å². The molecule has 1 aliphatic rings. The molecule has 0 spiro atoms. The van der Waals surface area contributed by atoms with Crippen molar-refractivity contribution in [2.45, 2.75) is 4.90 Å². The summed E-state index contributed by atoms with van der Waals surface area (Å²) in [5, 5.41) is 10.6. The molecule has 0 saturated carbocycles. The number of rotatable bonds is 5. The highest BCUT2D eigenvalue weighted by atomic mass is 32.2. The first-order valence-corrected chi connectivity index (χ1v) is 9.45. The smallest absolute Gasteiger partial charge is 0.337 e. The summed E-state index contributed by atoms with van der Waals surface area (Å²) in [5.41, 5.74) is 0.305. The summed E-state index contributed by atoms with van der Waals surface area (Å²) in [6.07, 6.45) is 0. The maximum atomic E-state index is 12.6. The molecule has 144 valence electrons. The second kappa shape index (κ2) is 6.89. The number of sulfone groups is 1. The van der Waals surface area contributed by atoms with E-state index in [-0.39, 0.29) is 27.3 Å². The summed E-state index contributed by atoms with van der Waals surface area (Å²) in [7, 11) is -2.91. The molecule has 10 heteroatoms. The number of carbonyl (C=O) groups is 4. The van der Waals surface area contributed by atoms with Gasteiger partial charge in [-0.15, -0.1) is 0 Å². The lowest BCUT2D eigenvalue weighted by atomic mass is 10.1. The van der Waals surface area contributed by atoms with Gasteiger partial charge < -0.3 is 14.6 Å². The van der Waals surface area contributed by atoms with Crippen LogP contribution in [0.1, 0.15) is 31.1 Å². The zero-order valence-corrected chi connectivity index (χ0v) is 15.2. The molecule has 0 fully saturated rings. The van der Waals surface area contributed by atoms with E-state index >= 15 is 0 Å². The molecule has 3 rings (SSSR count). The van der Waals surface area contributed by atoms with Gasteiger partial charge in [-0.2, -0.15) is 0 Å². The number of carboxylic acids is 1. The van der Waals surface area contributed by atoms with Crippen LogP contribution in [0, 0.1) is 0 Å². The minimum atomic E-state index is -4.10. The van der Waals surface area contributed by atoms with E-state index in [0.717, 1.165) is 17.0 Å². The van der Waals surface area contributed by atoms with Gasteiger partial charge in [-0.3, -0.25) is 9.59 Å². The quantitative estimate of drug-likeness (QED) is 0.495. The molecule has 0 radical (unpaired) electrons. The van der Waals surface area contributed by atoms with Crippen molar-refractivity contribution in [2.24, 2.45) is 0 Å². The molecule has 0 bridgehead atoms. The molecule has 1 heterocycles. The minimum Gasteiger partial charge on any atom is -0.549 e. The number of anilines is 1. The molecule has 0 aliphatic carbocycles. The Morgan fingerprint density at radius 2 is 1.61 bits per heavy atom. The number of fused-ring (bicyclic) bond motifs is 1. The van der Waals surface area contributed by atoms with Gasteiger partial charge >= 0.3 is 5.97 Å². The Balaban J connectivity index is 1.94. The Labute approximate surface area is 159 Å². The number of carbonyl (C=O) groups excluding carboxylic acids is 4. The largest absolute Gasteiger partial charge is 0.549 e. The van der Waals surface area contributed by atoms with Gasteiger partial charge in [0.05, 0.1) is 46.1 Å². The fourth-order valence-electron chi connectivity index (χ4n) is 2.76. The summed E-state index contributed by atoms with van der Waals surface area (Å²) in [6.45, 7) is 0. The van der Waals surface area contributed by atoms with Crippen molar-refractivity contribution in [2.75, 3.05) is 17.8 Å². The van der Waals surface area contributed by atoms with Gasteiger partial charge in [0.15, 0.2) is 9.84 Å². The van der Waals surface area contributed by atoms with Crippen molar-refractivity contribution in [1.82, 2.24) is 0 Å². The maximum Gasteiger partial charge on any atom is 0.337 e. The SMILES string of the molecule is COC(=O)c1ccc2c(c1)C(=O)N(c1ccc(S(=O)(=O)CC(=O)[O-])cc1)C2=O. The molecule has 0 unspecified atom stereocenters. The average molecular weight is 402 g/mol. The van der Waals surface area contributed by atoms with Gasteiger partial charge in [-0.05, 0) is 42.5 Å². The molecule has 2 amide bonds. The highest BCUT2D eigenvalue weighted by molar-refractivity contribution is 7.92. The van der Waals surface area contributed by atoms with E-state index in [0.29, 0.717) is 0 Å². The van der Waals surface area contributed by atoms with Crippen molar-refractivity contribution in [3.05, 3.63) is 59.2 Å². The van der Waals surface area contributed by atoms with E-state index in [1.54, 1.807) is 0 Å². The van der Waals surface area contributed by atoms with Gasteiger partial charge in [0, 0.05) is 0 Å². The maximum absolute atomic E-state index is 12.6. The third-order valence-corrected chi connectivity index (χ3v) is 5.68. The van der Waals surface area contributed by atoms with Crippen molar-refractivity contribution in [3.63, 3.8) is 0 Å². The van der Waals surface area contributed by atoms with Crippen LogP contribution < -0.4 is 10.0 Å². The monoisotopic (exact) mass is 402 g/mol. The Bertz CT molecular complexity index is 1120. The van der Waals surface area contributed by atoms with Crippen LogP contribution in [0.25, 0.3) is 0 Å². The Hall–Kier alpha value is -3.53. The minimum absolute atomic E-state index is 0.0153. The van der Waals surface area contributed by atoms with Crippen LogP contribution in [0.3, 0.4) is 0 Å². The predicted molar refractivity (Wildman–Crippen MR) is 92.4 cm³/mol. The number of ether oxygens (including phenoxy) is 1. The number of nitrogens with zero attached hydrogens (tertiary/aromatic N) is 1. The zero-order valence-electron chi connectivity index (χ0n) is 14.4. The first kappa shape index (κ1) is 19.2. The van der Waals surface area contributed by atoms with E-state index in [2.05, 4.69) is 4.74 Å². The summed E-state index contributed by atoms with van der Waals surface area (Å²) < 4.78 is 28.4. The van der Waals surface area contributed by atoms with Gasteiger partial charge in [-0.1, -0.05) is 0 Å². The number of benzene rings is 2.